The van der Waals surface area contributed by atoms with Gasteiger partial charge in [0.15, 0.2) is 10.4 Å². The molecular formula is C6H5BrO2. The number of ether oxygens (including phenoxy) is 1. The van der Waals surface area contributed by atoms with E-state index in [1.165, 1.54) is 0 Å². The molecule has 3 heteroatoms. The maximum Gasteiger partial charge on any atom is 0.176 e. The molecule has 2 nitrogen and oxygen atoms in total. The quantitative estimate of drug-likeness (QED) is 0.622. The van der Waals surface area contributed by atoms with E-state index in [0.29, 0.717) is 0 Å². The van der Waals surface area contributed by atoms with Crippen molar-refractivity contribution in [1.82, 2.24) is 0 Å². The monoisotopic (exact) mass is 188 g/mol. The molecule has 0 aromatic carbocycles. The van der Waals surface area contributed by atoms with E-state index >= 15 is 0 Å². The standard InChI is InChI=1S/C6H5BrO2/c7-6-4-1-2-8-5(4)3-9-6/h3H,1-2H2. The Bertz CT molecular complexity index is 229. The van der Waals surface area contributed by atoms with Crippen LogP contribution >= 0.6 is 15.9 Å². The fraction of sp³-hybridized carbons (Fsp3) is 0.333. The van der Waals surface area contributed by atoms with Gasteiger partial charge in [-0.1, -0.05) is 0 Å². The SMILES string of the molecule is Brc1occ2c1CCO2. The van der Waals surface area contributed by atoms with Crippen LogP contribution in [0.4, 0.5) is 0 Å². The van der Waals surface area contributed by atoms with E-state index < -0.39 is 0 Å². The molecule has 1 aromatic heterocycles. The van der Waals surface area contributed by atoms with Crippen molar-refractivity contribution in [1.29, 1.82) is 0 Å². The van der Waals surface area contributed by atoms with Crippen molar-refractivity contribution in [3.63, 3.8) is 0 Å². The second-order valence-corrected chi connectivity index (χ2v) is 2.67. The molecule has 2 heterocycles. The first kappa shape index (κ1) is 5.35. The Hall–Kier alpha value is -0.440. The van der Waals surface area contributed by atoms with Crippen molar-refractivity contribution in [2.45, 2.75) is 6.42 Å². The second-order valence-electron chi connectivity index (χ2n) is 1.95. The minimum Gasteiger partial charge on any atom is -0.490 e. The average Bonchev–Trinajstić information content (AvgIpc) is 2.35. The first-order valence-corrected chi connectivity index (χ1v) is 3.56. The molecule has 0 spiro atoms. The number of hydrogen-bond acceptors (Lipinski definition) is 2. The second kappa shape index (κ2) is 1.77. The van der Waals surface area contributed by atoms with Crippen molar-refractivity contribution >= 4 is 15.9 Å². The van der Waals surface area contributed by atoms with Crippen LogP contribution in [0.15, 0.2) is 15.3 Å². The van der Waals surface area contributed by atoms with Gasteiger partial charge in [0, 0.05) is 6.42 Å². The largest absolute Gasteiger partial charge is 0.490 e. The lowest BCUT2D eigenvalue weighted by atomic mass is 10.3. The van der Waals surface area contributed by atoms with Crippen molar-refractivity contribution in [3.05, 3.63) is 16.5 Å². The van der Waals surface area contributed by atoms with Gasteiger partial charge in [-0.2, -0.15) is 0 Å². The minimum atomic E-state index is 0.791. The maximum absolute atomic E-state index is 5.20. The molecule has 0 saturated heterocycles. The van der Waals surface area contributed by atoms with Gasteiger partial charge >= 0.3 is 0 Å². The third-order valence-corrected chi connectivity index (χ3v) is 2.08. The Morgan fingerprint density at radius 1 is 1.56 bits per heavy atom. The van der Waals surface area contributed by atoms with Crippen LogP contribution in [0.2, 0.25) is 0 Å². The third kappa shape index (κ3) is 0.678. The van der Waals surface area contributed by atoms with Crippen LogP contribution in [0.5, 0.6) is 5.75 Å². The molecule has 0 radical (unpaired) electrons. The summed E-state index contributed by atoms with van der Waals surface area (Å²) in [7, 11) is 0. The van der Waals surface area contributed by atoms with E-state index in [0.717, 1.165) is 29.0 Å². The highest BCUT2D eigenvalue weighted by molar-refractivity contribution is 9.10. The molecule has 0 atom stereocenters. The molecule has 0 aliphatic carbocycles. The van der Waals surface area contributed by atoms with E-state index in [1.807, 2.05) is 0 Å². The average molecular weight is 189 g/mol. The molecular weight excluding hydrogens is 184 g/mol. The summed E-state index contributed by atoms with van der Waals surface area (Å²) in [5, 5.41) is 0. The van der Waals surface area contributed by atoms with E-state index in [-0.39, 0.29) is 0 Å². The predicted octanol–water partition coefficient (Wildman–Crippen LogP) is 1.98. The number of fused-ring (bicyclic) bond motifs is 1. The summed E-state index contributed by atoms with van der Waals surface area (Å²) in [6.45, 7) is 0.791. The Kier molecular flexibility index (Phi) is 1.05. The Morgan fingerprint density at radius 2 is 2.44 bits per heavy atom. The van der Waals surface area contributed by atoms with Crippen LogP contribution in [0.25, 0.3) is 0 Å². The summed E-state index contributed by atoms with van der Waals surface area (Å²) in [4.78, 5) is 0. The highest BCUT2D eigenvalue weighted by Crippen LogP contribution is 2.33. The van der Waals surface area contributed by atoms with Crippen LogP contribution in [-0.2, 0) is 6.42 Å². The van der Waals surface area contributed by atoms with Crippen LogP contribution < -0.4 is 4.74 Å². The highest BCUT2D eigenvalue weighted by atomic mass is 79.9. The van der Waals surface area contributed by atoms with Crippen LogP contribution in [0.1, 0.15) is 5.56 Å². The molecule has 1 aliphatic heterocycles. The zero-order valence-electron chi connectivity index (χ0n) is 4.69. The van der Waals surface area contributed by atoms with Crippen LogP contribution in [-0.4, -0.2) is 6.61 Å². The lowest BCUT2D eigenvalue weighted by Gasteiger charge is -1.86. The van der Waals surface area contributed by atoms with Gasteiger partial charge < -0.3 is 9.15 Å². The fourth-order valence-electron chi connectivity index (χ4n) is 0.950. The molecule has 9 heavy (non-hydrogen) atoms. The summed E-state index contributed by atoms with van der Waals surface area (Å²) in [5.41, 5.74) is 1.16. The highest BCUT2D eigenvalue weighted by Gasteiger charge is 2.17. The minimum absolute atomic E-state index is 0.791. The molecule has 0 fully saturated rings. The molecule has 1 aliphatic rings. The summed E-state index contributed by atoms with van der Waals surface area (Å²) < 4.78 is 11.0. The summed E-state index contributed by atoms with van der Waals surface area (Å²) >= 11 is 3.27. The maximum atomic E-state index is 5.20. The third-order valence-electron chi connectivity index (χ3n) is 1.41. The number of rotatable bonds is 0. The molecule has 0 saturated carbocycles. The molecule has 0 bridgehead atoms. The van der Waals surface area contributed by atoms with E-state index in [2.05, 4.69) is 15.9 Å². The molecule has 2 rings (SSSR count). The normalized spacial score (nSPS) is 15.2. The van der Waals surface area contributed by atoms with E-state index in [4.69, 9.17) is 9.15 Å². The number of halogens is 1. The van der Waals surface area contributed by atoms with E-state index in [9.17, 15) is 0 Å². The smallest absolute Gasteiger partial charge is 0.176 e. The Morgan fingerprint density at radius 3 is 3.22 bits per heavy atom. The van der Waals surface area contributed by atoms with Gasteiger partial charge in [-0.15, -0.1) is 0 Å². The van der Waals surface area contributed by atoms with E-state index in [1.54, 1.807) is 6.26 Å². The van der Waals surface area contributed by atoms with Gasteiger partial charge in [0.05, 0.1) is 12.2 Å². The molecule has 0 N–H and O–H groups in total. The number of hydrogen-bond donors (Lipinski definition) is 0. The zero-order chi connectivity index (χ0) is 6.27. The fourth-order valence-corrected chi connectivity index (χ4v) is 1.44. The van der Waals surface area contributed by atoms with Crippen LogP contribution in [0.3, 0.4) is 0 Å². The molecule has 1 aromatic rings. The molecule has 48 valence electrons. The predicted molar refractivity (Wildman–Crippen MR) is 35.6 cm³/mol. The van der Waals surface area contributed by atoms with Crippen molar-refractivity contribution in [2.75, 3.05) is 6.61 Å². The summed E-state index contributed by atoms with van der Waals surface area (Å²) in [5.74, 6) is 0.891. The summed E-state index contributed by atoms with van der Waals surface area (Å²) in [6, 6.07) is 0. The first-order chi connectivity index (χ1) is 4.38. The van der Waals surface area contributed by atoms with Gasteiger partial charge in [-0.05, 0) is 15.9 Å². The summed E-state index contributed by atoms with van der Waals surface area (Å²) in [6.07, 6.45) is 2.60. The molecule has 0 amide bonds. The number of furan rings is 1. The van der Waals surface area contributed by atoms with Crippen molar-refractivity contribution < 1.29 is 9.15 Å². The lowest BCUT2D eigenvalue weighted by Crippen LogP contribution is -1.87. The lowest BCUT2D eigenvalue weighted by molar-refractivity contribution is 0.345. The Balaban J connectivity index is 2.56. The molecule has 0 unspecified atom stereocenters. The topological polar surface area (TPSA) is 22.4 Å². The van der Waals surface area contributed by atoms with Crippen molar-refractivity contribution in [2.24, 2.45) is 0 Å². The first-order valence-electron chi connectivity index (χ1n) is 2.76. The zero-order valence-corrected chi connectivity index (χ0v) is 6.27. The van der Waals surface area contributed by atoms with Gasteiger partial charge in [0.2, 0.25) is 0 Å². The van der Waals surface area contributed by atoms with Crippen molar-refractivity contribution in [3.8, 4) is 5.75 Å². The van der Waals surface area contributed by atoms with Gasteiger partial charge in [-0.25, -0.2) is 0 Å². The van der Waals surface area contributed by atoms with Gasteiger partial charge in [0.25, 0.3) is 0 Å². The van der Waals surface area contributed by atoms with Gasteiger partial charge in [0.1, 0.15) is 6.26 Å². The van der Waals surface area contributed by atoms with Crippen LogP contribution in [0, 0.1) is 0 Å². The Labute approximate surface area is 60.9 Å². The van der Waals surface area contributed by atoms with Gasteiger partial charge in [-0.3, -0.25) is 0 Å².